The van der Waals surface area contributed by atoms with Crippen LogP contribution in [-0.4, -0.2) is 17.1 Å². The molecular formula is C12H24N2O. The zero-order valence-electron chi connectivity index (χ0n) is 10.6. The van der Waals surface area contributed by atoms with Crippen molar-refractivity contribution in [2.45, 2.75) is 71.0 Å². The molecule has 3 nitrogen and oxygen atoms in total. The van der Waals surface area contributed by atoms with E-state index in [2.05, 4.69) is 45.1 Å². The largest absolute Gasteiger partial charge is 0.306 e. The molecule has 0 aromatic heterocycles. The van der Waals surface area contributed by atoms with Crippen LogP contribution in [-0.2, 0) is 0 Å². The SMILES string of the molecule is CCC1(C)CC(N=O)C(C)C(C)(CC)N1. The van der Waals surface area contributed by atoms with Gasteiger partial charge in [-0.15, -0.1) is 0 Å². The Kier molecular flexibility index (Phi) is 3.54. The summed E-state index contributed by atoms with van der Waals surface area (Å²) in [5.74, 6) is 0.319. The second-order valence-corrected chi connectivity index (χ2v) is 5.48. The number of hydrogen-bond donors (Lipinski definition) is 1. The molecule has 1 rings (SSSR count). The summed E-state index contributed by atoms with van der Waals surface area (Å²) < 4.78 is 0. The second kappa shape index (κ2) is 4.20. The third-order valence-corrected chi connectivity index (χ3v) is 4.48. The first-order valence-electron chi connectivity index (χ1n) is 6.02. The normalized spacial score (nSPS) is 46.5. The molecule has 1 fully saturated rings. The molecule has 0 aliphatic carbocycles. The Morgan fingerprint density at radius 1 is 1.33 bits per heavy atom. The Balaban J connectivity index is 2.95. The molecule has 1 aliphatic rings. The first kappa shape index (κ1) is 12.6. The number of hydrogen-bond acceptors (Lipinski definition) is 3. The summed E-state index contributed by atoms with van der Waals surface area (Å²) in [6.45, 7) is 10.9. The van der Waals surface area contributed by atoms with Crippen LogP contribution in [0.15, 0.2) is 5.18 Å². The van der Waals surface area contributed by atoms with Gasteiger partial charge in [-0.1, -0.05) is 25.9 Å². The highest BCUT2D eigenvalue weighted by molar-refractivity contribution is 5.06. The summed E-state index contributed by atoms with van der Waals surface area (Å²) in [6.07, 6.45) is 2.95. The summed E-state index contributed by atoms with van der Waals surface area (Å²) in [5.41, 5.74) is 0.109. The van der Waals surface area contributed by atoms with E-state index < -0.39 is 0 Å². The molecule has 1 aliphatic heterocycles. The predicted molar refractivity (Wildman–Crippen MR) is 63.9 cm³/mol. The molecule has 0 amide bonds. The minimum atomic E-state index is -0.0406. The number of nitrogens with one attached hydrogen (secondary N) is 1. The number of rotatable bonds is 3. The van der Waals surface area contributed by atoms with Crippen LogP contribution in [0.2, 0.25) is 0 Å². The molecule has 88 valence electrons. The lowest BCUT2D eigenvalue weighted by Crippen LogP contribution is -2.65. The Hall–Kier alpha value is -0.440. The average molecular weight is 212 g/mol. The smallest absolute Gasteiger partial charge is 0.0980 e. The molecule has 4 atom stereocenters. The van der Waals surface area contributed by atoms with Crippen molar-refractivity contribution in [1.29, 1.82) is 0 Å². The van der Waals surface area contributed by atoms with E-state index in [1.54, 1.807) is 0 Å². The fraction of sp³-hybridized carbons (Fsp3) is 1.00. The molecular weight excluding hydrogens is 188 g/mol. The van der Waals surface area contributed by atoms with Crippen molar-refractivity contribution < 1.29 is 0 Å². The Bertz CT molecular complexity index is 244. The van der Waals surface area contributed by atoms with Crippen LogP contribution in [0, 0.1) is 10.8 Å². The molecule has 3 heteroatoms. The number of piperidine rings is 1. The van der Waals surface area contributed by atoms with Gasteiger partial charge in [0.2, 0.25) is 0 Å². The molecule has 1 N–H and O–H groups in total. The van der Waals surface area contributed by atoms with E-state index in [4.69, 9.17) is 0 Å². The standard InChI is InChI=1S/C12H24N2O/c1-6-11(4)8-10(13-15)9(3)12(5,7-2)14-11/h9-10,14H,6-8H2,1-5H3. The topological polar surface area (TPSA) is 41.5 Å². The summed E-state index contributed by atoms with van der Waals surface area (Å²) in [6, 6.07) is -0.0406. The monoisotopic (exact) mass is 212 g/mol. The maximum atomic E-state index is 10.9. The summed E-state index contributed by atoms with van der Waals surface area (Å²) >= 11 is 0. The maximum Gasteiger partial charge on any atom is 0.0980 e. The van der Waals surface area contributed by atoms with E-state index in [1.807, 2.05) is 0 Å². The van der Waals surface area contributed by atoms with Crippen LogP contribution in [0.4, 0.5) is 0 Å². The van der Waals surface area contributed by atoms with E-state index in [-0.39, 0.29) is 17.1 Å². The lowest BCUT2D eigenvalue weighted by Gasteiger charge is -2.51. The van der Waals surface area contributed by atoms with Gasteiger partial charge < -0.3 is 5.32 Å². The van der Waals surface area contributed by atoms with Crippen molar-refractivity contribution >= 4 is 0 Å². The highest BCUT2D eigenvalue weighted by Gasteiger charge is 2.46. The van der Waals surface area contributed by atoms with Crippen LogP contribution < -0.4 is 5.32 Å². The molecule has 0 aromatic rings. The van der Waals surface area contributed by atoms with E-state index in [0.29, 0.717) is 5.92 Å². The van der Waals surface area contributed by atoms with Crippen molar-refractivity contribution in [3.8, 4) is 0 Å². The lowest BCUT2D eigenvalue weighted by molar-refractivity contribution is 0.0734. The molecule has 1 saturated heterocycles. The first-order valence-corrected chi connectivity index (χ1v) is 6.02. The Morgan fingerprint density at radius 3 is 2.33 bits per heavy atom. The van der Waals surface area contributed by atoms with Gasteiger partial charge in [0.1, 0.15) is 0 Å². The van der Waals surface area contributed by atoms with Gasteiger partial charge in [-0.25, -0.2) is 0 Å². The third-order valence-electron chi connectivity index (χ3n) is 4.48. The lowest BCUT2D eigenvalue weighted by atomic mass is 9.69. The molecule has 0 aromatic carbocycles. The third kappa shape index (κ3) is 2.22. The highest BCUT2D eigenvalue weighted by atomic mass is 16.3. The summed E-state index contributed by atoms with van der Waals surface area (Å²) in [5, 5.41) is 7.05. The van der Waals surface area contributed by atoms with Crippen LogP contribution in [0.1, 0.15) is 53.9 Å². The van der Waals surface area contributed by atoms with Gasteiger partial charge in [-0.3, -0.25) is 0 Å². The zero-order chi connectivity index (χ0) is 11.7. The average Bonchev–Trinajstić information content (AvgIpc) is 2.23. The van der Waals surface area contributed by atoms with Crippen LogP contribution in [0.5, 0.6) is 0 Å². The zero-order valence-corrected chi connectivity index (χ0v) is 10.6. The van der Waals surface area contributed by atoms with E-state index in [0.717, 1.165) is 19.3 Å². The fourth-order valence-electron chi connectivity index (χ4n) is 2.69. The van der Waals surface area contributed by atoms with Crippen molar-refractivity contribution in [2.75, 3.05) is 0 Å². The van der Waals surface area contributed by atoms with Gasteiger partial charge >= 0.3 is 0 Å². The molecule has 0 saturated carbocycles. The summed E-state index contributed by atoms with van der Waals surface area (Å²) in [7, 11) is 0. The molecule has 0 spiro atoms. The van der Waals surface area contributed by atoms with Gasteiger partial charge in [0.15, 0.2) is 0 Å². The minimum Gasteiger partial charge on any atom is -0.306 e. The fourth-order valence-corrected chi connectivity index (χ4v) is 2.69. The van der Waals surface area contributed by atoms with Gasteiger partial charge in [-0.2, -0.15) is 4.91 Å². The molecule has 15 heavy (non-hydrogen) atoms. The van der Waals surface area contributed by atoms with Gasteiger partial charge in [-0.05, 0) is 39.0 Å². The van der Waals surface area contributed by atoms with Crippen molar-refractivity contribution in [1.82, 2.24) is 5.32 Å². The Morgan fingerprint density at radius 2 is 1.93 bits per heavy atom. The van der Waals surface area contributed by atoms with E-state index >= 15 is 0 Å². The van der Waals surface area contributed by atoms with Gasteiger partial charge in [0.05, 0.1) is 6.04 Å². The van der Waals surface area contributed by atoms with Gasteiger partial charge in [0, 0.05) is 11.1 Å². The number of nitrogens with zero attached hydrogens (tertiary/aromatic N) is 1. The van der Waals surface area contributed by atoms with Crippen molar-refractivity contribution in [2.24, 2.45) is 11.1 Å². The Labute approximate surface area is 93.0 Å². The first-order chi connectivity index (χ1) is 6.90. The van der Waals surface area contributed by atoms with Crippen molar-refractivity contribution in [3.63, 3.8) is 0 Å². The maximum absolute atomic E-state index is 10.9. The van der Waals surface area contributed by atoms with Gasteiger partial charge in [0.25, 0.3) is 0 Å². The van der Waals surface area contributed by atoms with Crippen LogP contribution >= 0.6 is 0 Å². The van der Waals surface area contributed by atoms with E-state index in [1.165, 1.54) is 0 Å². The molecule has 1 heterocycles. The molecule has 0 bridgehead atoms. The summed E-state index contributed by atoms with van der Waals surface area (Å²) in [4.78, 5) is 10.9. The highest BCUT2D eigenvalue weighted by Crippen LogP contribution is 2.38. The second-order valence-electron chi connectivity index (χ2n) is 5.48. The quantitative estimate of drug-likeness (QED) is 0.730. The van der Waals surface area contributed by atoms with E-state index in [9.17, 15) is 4.91 Å². The minimum absolute atomic E-state index is 0.0406. The van der Waals surface area contributed by atoms with Crippen LogP contribution in [0.3, 0.4) is 0 Å². The van der Waals surface area contributed by atoms with Crippen molar-refractivity contribution in [3.05, 3.63) is 4.91 Å². The number of nitroso groups, excluding NO2 is 1. The van der Waals surface area contributed by atoms with Crippen LogP contribution in [0.25, 0.3) is 0 Å². The predicted octanol–water partition coefficient (Wildman–Crippen LogP) is 3.09. The molecule has 0 radical (unpaired) electrons. The molecule has 4 unspecified atom stereocenters.